The van der Waals surface area contributed by atoms with Gasteiger partial charge in [-0.15, -0.1) is 0 Å². The maximum atomic E-state index is 12.5. The van der Waals surface area contributed by atoms with Crippen molar-refractivity contribution in [3.05, 3.63) is 70.8 Å². The van der Waals surface area contributed by atoms with Gasteiger partial charge in [-0.3, -0.25) is 9.79 Å². The number of nitrogens with two attached hydrogens (primary N) is 2. The molecule has 23 heavy (non-hydrogen) atoms. The number of alkyl halides is 3. The minimum absolute atomic E-state index is 0.130. The Morgan fingerprint density at radius 3 is 2.17 bits per heavy atom. The summed E-state index contributed by atoms with van der Waals surface area (Å²) in [6, 6.07) is 11.0. The number of nitrogens with zero attached hydrogens (tertiary/aromatic N) is 1. The number of rotatable bonds is 4. The monoisotopic (exact) mass is 321 g/mol. The van der Waals surface area contributed by atoms with Crippen LogP contribution < -0.4 is 11.5 Å². The van der Waals surface area contributed by atoms with Gasteiger partial charge in [0.05, 0.1) is 12.1 Å². The Labute approximate surface area is 130 Å². The summed E-state index contributed by atoms with van der Waals surface area (Å²) in [5.74, 6) is -0.407. The third-order valence-corrected chi connectivity index (χ3v) is 3.16. The first-order valence-electron chi connectivity index (χ1n) is 6.63. The number of carbonyl (C=O) groups excluding carboxylic acids is 1. The lowest BCUT2D eigenvalue weighted by atomic mass is 10.1. The molecule has 2 aromatic carbocycles. The average molecular weight is 321 g/mol. The van der Waals surface area contributed by atoms with Gasteiger partial charge in [0.25, 0.3) is 0 Å². The lowest BCUT2D eigenvalue weighted by Gasteiger charge is -2.07. The van der Waals surface area contributed by atoms with Crippen LogP contribution in [0.15, 0.2) is 53.5 Å². The highest BCUT2D eigenvalue weighted by molar-refractivity contribution is 6.00. The van der Waals surface area contributed by atoms with Crippen molar-refractivity contribution in [1.82, 2.24) is 0 Å². The fraction of sp³-hybridized carbons (Fsp3) is 0.125. The summed E-state index contributed by atoms with van der Waals surface area (Å²) in [7, 11) is 0. The molecule has 1 amide bonds. The molecule has 0 aliphatic rings. The Morgan fingerprint density at radius 2 is 1.61 bits per heavy atom. The van der Waals surface area contributed by atoms with Crippen LogP contribution in [0.4, 0.5) is 13.2 Å². The average Bonchev–Trinajstić information content (AvgIpc) is 2.52. The van der Waals surface area contributed by atoms with Crippen LogP contribution in [0.5, 0.6) is 0 Å². The Kier molecular flexibility index (Phi) is 4.68. The van der Waals surface area contributed by atoms with Crippen LogP contribution >= 0.6 is 0 Å². The number of amidine groups is 1. The highest BCUT2D eigenvalue weighted by Crippen LogP contribution is 2.29. The molecule has 0 fully saturated rings. The van der Waals surface area contributed by atoms with Crippen LogP contribution in [0.2, 0.25) is 0 Å². The molecular formula is C16H14F3N3O. The number of benzene rings is 2. The highest BCUT2D eigenvalue weighted by atomic mass is 19.4. The fourth-order valence-corrected chi connectivity index (χ4v) is 1.90. The van der Waals surface area contributed by atoms with Crippen molar-refractivity contribution < 1.29 is 18.0 Å². The van der Waals surface area contributed by atoms with Gasteiger partial charge in [0.1, 0.15) is 5.84 Å². The summed E-state index contributed by atoms with van der Waals surface area (Å²) < 4.78 is 37.4. The van der Waals surface area contributed by atoms with Gasteiger partial charge in [-0.25, -0.2) is 0 Å². The topological polar surface area (TPSA) is 81.5 Å². The van der Waals surface area contributed by atoms with E-state index in [-0.39, 0.29) is 12.4 Å². The van der Waals surface area contributed by atoms with Crippen molar-refractivity contribution in [1.29, 1.82) is 0 Å². The Bertz CT molecular complexity index is 737. The molecule has 0 radical (unpaired) electrons. The number of primary amides is 1. The highest BCUT2D eigenvalue weighted by Gasteiger charge is 2.29. The second kappa shape index (κ2) is 6.51. The van der Waals surface area contributed by atoms with Gasteiger partial charge < -0.3 is 11.5 Å². The smallest absolute Gasteiger partial charge is 0.383 e. The predicted octanol–water partition coefficient (Wildman–Crippen LogP) is 2.71. The quantitative estimate of drug-likeness (QED) is 0.670. The molecule has 0 aliphatic heterocycles. The Balaban J connectivity index is 2.13. The van der Waals surface area contributed by atoms with Gasteiger partial charge in [0, 0.05) is 11.1 Å². The summed E-state index contributed by atoms with van der Waals surface area (Å²) in [5, 5.41) is 0. The van der Waals surface area contributed by atoms with Crippen molar-refractivity contribution in [3.8, 4) is 0 Å². The van der Waals surface area contributed by atoms with E-state index in [4.69, 9.17) is 11.5 Å². The van der Waals surface area contributed by atoms with E-state index in [9.17, 15) is 18.0 Å². The van der Waals surface area contributed by atoms with Crippen LogP contribution in [-0.4, -0.2) is 11.7 Å². The summed E-state index contributed by atoms with van der Waals surface area (Å²) in [6.45, 7) is 0.130. The lowest BCUT2D eigenvalue weighted by molar-refractivity contribution is -0.137. The molecule has 0 unspecified atom stereocenters. The second-order valence-electron chi connectivity index (χ2n) is 4.84. The molecule has 0 aliphatic carbocycles. The van der Waals surface area contributed by atoms with Crippen LogP contribution in [-0.2, 0) is 12.7 Å². The van der Waals surface area contributed by atoms with Gasteiger partial charge in [0.2, 0.25) is 5.91 Å². The molecular weight excluding hydrogens is 307 g/mol. The van der Waals surface area contributed by atoms with Crippen molar-refractivity contribution in [2.24, 2.45) is 16.5 Å². The molecule has 0 aromatic heterocycles. The van der Waals surface area contributed by atoms with Gasteiger partial charge in [-0.1, -0.05) is 24.3 Å². The van der Waals surface area contributed by atoms with Gasteiger partial charge in [-0.2, -0.15) is 13.2 Å². The molecule has 0 saturated heterocycles. The van der Waals surface area contributed by atoms with E-state index in [1.54, 1.807) is 18.2 Å². The molecule has 2 rings (SSSR count). The first-order chi connectivity index (χ1) is 10.8. The molecule has 4 nitrogen and oxygen atoms in total. The summed E-state index contributed by atoms with van der Waals surface area (Å²) in [5.41, 5.74) is 11.7. The normalized spacial score (nSPS) is 12.2. The van der Waals surface area contributed by atoms with Crippen molar-refractivity contribution in [2.45, 2.75) is 12.7 Å². The number of hydrogen-bond donors (Lipinski definition) is 2. The molecule has 0 spiro atoms. The van der Waals surface area contributed by atoms with Crippen LogP contribution in [0, 0.1) is 0 Å². The molecule has 0 heterocycles. The predicted molar refractivity (Wildman–Crippen MR) is 80.8 cm³/mol. The Morgan fingerprint density at radius 1 is 1.00 bits per heavy atom. The van der Waals surface area contributed by atoms with Crippen molar-refractivity contribution in [2.75, 3.05) is 0 Å². The zero-order valence-corrected chi connectivity index (χ0v) is 12.0. The number of carbonyl (C=O) groups is 1. The van der Waals surface area contributed by atoms with E-state index < -0.39 is 17.6 Å². The maximum Gasteiger partial charge on any atom is 0.416 e. The first-order valence-corrected chi connectivity index (χ1v) is 6.63. The van der Waals surface area contributed by atoms with Crippen molar-refractivity contribution in [3.63, 3.8) is 0 Å². The lowest BCUT2D eigenvalue weighted by Crippen LogP contribution is -2.16. The molecule has 0 atom stereocenters. The summed E-state index contributed by atoms with van der Waals surface area (Å²) in [4.78, 5) is 15.2. The van der Waals surface area contributed by atoms with Crippen LogP contribution in [0.25, 0.3) is 0 Å². The molecule has 0 bridgehead atoms. The SMILES string of the molecule is NC(=O)c1cccc(C(N)=NCc2ccc(C(F)(F)F)cc2)c1. The number of halogens is 3. The van der Waals surface area contributed by atoms with Crippen LogP contribution in [0.3, 0.4) is 0 Å². The van der Waals surface area contributed by atoms with Gasteiger partial charge in [0.15, 0.2) is 0 Å². The van der Waals surface area contributed by atoms with Crippen LogP contribution in [0.1, 0.15) is 27.0 Å². The van der Waals surface area contributed by atoms with E-state index in [1.165, 1.54) is 18.2 Å². The molecule has 7 heteroatoms. The zero-order chi connectivity index (χ0) is 17.0. The number of hydrogen-bond acceptors (Lipinski definition) is 2. The summed E-state index contributed by atoms with van der Waals surface area (Å²) >= 11 is 0. The molecule has 4 N–H and O–H groups in total. The fourth-order valence-electron chi connectivity index (χ4n) is 1.90. The van der Waals surface area contributed by atoms with E-state index in [2.05, 4.69) is 4.99 Å². The third-order valence-electron chi connectivity index (χ3n) is 3.16. The summed E-state index contributed by atoms with van der Waals surface area (Å²) in [6.07, 6.45) is -4.37. The van der Waals surface area contributed by atoms with Gasteiger partial charge >= 0.3 is 6.18 Å². The third kappa shape index (κ3) is 4.32. The molecule has 120 valence electrons. The van der Waals surface area contributed by atoms with E-state index in [0.717, 1.165) is 12.1 Å². The zero-order valence-electron chi connectivity index (χ0n) is 12.0. The minimum Gasteiger partial charge on any atom is -0.383 e. The first kappa shape index (κ1) is 16.5. The largest absolute Gasteiger partial charge is 0.416 e. The van der Waals surface area contributed by atoms with Crippen molar-refractivity contribution >= 4 is 11.7 Å². The minimum atomic E-state index is -4.37. The van der Waals surface area contributed by atoms with E-state index in [1.807, 2.05) is 0 Å². The van der Waals surface area contributed by atoms with E-state index in [0.29, 0.717) is 16.7 Å². The van der Waals surface area contributed by atoms with E-state index >= 15 is 0 Å². The second-order valence-corrected chi connectivity index (χ2v) is 4.84. The molecule has 2 aromatic rings. The number of aliphatic imine (C=N–C) groups is 1. The van der Waals surface area contributed by atoms with Gasteiger partial charge in [-0.05, 0) is 29.8 Å². The molecule has 0 saturated carbocycles. The Hall–Kier alpha value is -2.83. The maximum absolute atomic E-state index is 12.5. The standard InChI is InChI=1S/C16H14F3N3O/c17-16(18,19)13-6-4-10(5-7-13)9-22-14(20)11-2-1-3-12(8-11)15(21)23/h1-8H,9H2,(H2,20,22)(H2,21,23). The number of amides is 1.